The molecule has 0 bridgehead atoms. The largest absolute Gasteiger partial charge is 0.416 e. The number of carbonyl (C=O) groups is 2. The van der Waals surface area contributed by atoms with E-state index in [9.17, 15) is 31.2 Å². The lowest BCUT2D eigenvalue weighted by Crippen LogP contribution is -2.53. The van der Waals surface area contributed by atoms with Gasteiger partial charge in [-0.1, -0.05) is 84.5 Å². The standard InChI is InChI=1S/C30H31Cl3F3N3O4S/c1-3-4-14-37-29(41)27(16-20-8-6-5-7-9-20)38(18-21-10-12-23(31)25(33)15-21)28(40)19-39(44(2,42)43)26-17-22(30(34,35)36)11-13-24(26)32/h5-13,15,17,27H,3-4,14,16,18-19H2,1-2H3,(H,37,41)/t27-/m0/s1. The number of halogens is 6. The summed E-state index contributed by atoms with van der Waals surface area (Å²) in [7, 11) is -4.34. The van der Waals surface area contributed by atoms with Crippen LogP contribution in [0.3, 0.4) is 0 Å². The summed E-state index contributed by atoms with van der Waals surface area (Å²) in [6, 6.07) is 14.6. The zero-order valence-electron chi connectivity index (χ0n) is 23.9. The predicted octanol–water partition coefficient (Wildman–Crippen LogP) is 6.99. The van der Waals surface area contributed by atoms with Gasteiger partial charge < -0.3 is 10.2 Å². The highest BCUT2D eigenvalue weighted by molar-refractivity contribution is 7.92. The fourth-order valence-corrected chi connectivity index (χ4v) is 5.81. The van der Waals surface area contributed by atoms with Gasteiger partial charge in [-0.05, 0) is 47.9 Å². The van der Waals surface area contributed by atoms with Crippen molar-refractivity contribution in [3.63, 3.8) is 0 Å². The summed E-state index contributed by atoms with van der Waals surface area (Å²) in [6.45, 7) is 1.16. The van der Waals surface area contributed by atoms with Gasteiger partial charge in [-0.2, -0.15) is 13.2 Å². The van der Waals surface area contributed by atoms with Gasteiger partial charge in [0.25, 0.3) is 0 Å². The van der Waals surface area contributed by atoms with Crippen LogP contribution in [0.4, 0.5) is 18.9 Å². The van der Waals surface area contributed by atoms with Gasteiger partial charge in [-0.15, -0.1) is 0 Å². The van der Waals surface area contributed by atoms with Gasteiger partial charge >= 0.3 is 6.18 Å². The third-order valence-electron chi connectivity index (χ3n) is 6.66. The van der Waals surface area contributed by atoms with Crippen molar-refractivity contribution in [1.82, 2.24) is 10.2 Å². The molecular formula is C30H31Cl3F3N3O4S. The molecule has 44 heavy (non-hydrogen) atoms. The lowest BCUT2D eigenvalue weighted by atomic mass is 10.0. The van der Waals surface area contributed by atoms with E-state index in [0.717, 1.165) is 24.3 Å². The molecule has 0 aliphatic rings. The molecule has 0 aliphatic heterocycles. The van der Waals surface area contributed by atoms with Gasteiger partial charge in [0, 0.05) is 19.5 Å². The number of hydrogen-bond acceptors (Lipinski definition) is 4. The van der Waals surface area contributed by atoms with E-state index in [4.69, 9.17) is 34.8 Å². The summed E-state index contributed by atoms with van der Waals surface area (Å²) in [5, 5.41) is 2.97. The van der Waals surface area contributed by atoms with E-state index in [1.165, 1.54) is 17.0 Å². The molecule has 0 unspecified atom stereocenters. The van der Waals surface area contributed by atoms with Gasteiger partial charge in [0.1, 0.15) is 12.6 Å². The fourth-order valence-electron chi connectivity index (χ4n) is 4.37. The van der Waals surface area contributed by atoms with Crippen molar-refractivity contribution in [3.8, 4) is 0 Å². The Morgan fingerprint density at radius 3 is 2.16 bits per heavy atom. The first-order valence-electron chi connectivity index (χ1n) is 13.5. The van der Waals surface area contributed by atoms with Crippen molar-refractivity contribution in [2.45, 2.75) is 44.9 Å². The number of hydrogen-bond donors (Lipinski definition) is 1. The number of unbranched alkanes of at least 4 members (excludes halogenated alkanes) is 1. The molecule has 0 spiro atoms. The zero-order chi connectivity index (χ0) is 32.7. The zero-order valence-corrected chi connectivity index (χ0v) is 27.0. The van der Waals surface area contributed by atoms with Crippen molar-refractivity contribution in [1.29, 1.82) is 0 Å². The van der Waals surface area contributed by atoms with Crippen molar-refractivity contribution in [2.24, 2.45) is 0 Å². The Labute approximate surface area is 269 Å². The Morgan fingerprint density at radius 2 is 1.57 bits per heavy atom. The highest BCUT2D eigenvalue weighted by Crippen LogP contribution is 2.36. The molecule has 0 saturated carbocycles. The van der Waals surface area contributed by atoms with Crippen LogP contribution in [-0.4, -0.2) is 50.5 Å². The molecule has 0 heterocycles. The molecule has 0 aliphatic carbocycles. The molecule has 0 saturated heterocycles. The number of anilines is 1. The molecule has 1 atom stereocenters. The Bertz CT molecular complexity index is 1570. The monoisotopic (exact) mass is 691 g/mol. The highest BCUT2D eigenvalue weighted by atomic mass is 35.5. The van der Waals surface area contributed by atoms with Gasteiger partial charge in [0.2, 0.25) is 21.8 Å². The van der Waals surface area contributed by atoms with Crippen molar-refractivity contribution in [3.05, 3.63) is 98.5 Å². The normalized spacial score (nSPS) is 12.5. The summed E-state index contributed by atoms with van der Waals surface area (Å²) in [4.78, 5) is 28.9. The topological polar surface area (TPSA) is 86.8 Å². The minimum atomic E-state index is -4.80. The maximum atomic E-state index is 14.1. The summed E-state index contributed by atoms with van der Waals surface area (Å²) in [5.41, 5.74) is -0.479. The molecule has 7 nitrogen and oxygen atoms in total. The average molecular weight is 693 g/mol. The number of carbonyl (C=O) groups excluding carboxylic acids is 2. The Kier molecular flexibility index (Phi) is 12.4. The molecule has 0 fully saturated rings. The second kappa shape index (κ2) is 15.3. The van der Waals surface area contributed by atoms with E-state index in [1.54, 1.807) is 36.4 Å². The summed E-state index contributed by atoms with van der Waals surface area (Å²) in [5.74, 6) is -1.35. The average Bonchev–Trinajstić information content (AvgIpc) is 2.95. The van der Waals surface area contributed by atoms with E-state index in [0.29, 0.717) is 35.0 Å². The molecule has 3 rings (SSSR count). The Morgan fingerprint density at radius 1 is 0.909 bits per heavy atom. The smallest absolute Gasteiger partial charge is 0.354 e. The van der Waals surface area contributed by atoms with Crippen LogP contribution >= 0.6 is 34.8 Å². The van der Waals surface area contributed by atoms with Crippen LogP contribution in [0.5, 0.6) is 0 Å². The molecule has 1 N–H and O–H groups in total. The molecule has 0 aromatic heterocycles. The predicted molar refractivity (Wildman–Crippen MR) is 168 cm³/mol. The van der Waals surface area contributed by atoms with Gasteiger partial charge in [-0.3, -0.25) is 13.9 Å². The second-order valence-corrected chi connectivity index (χ2v) is 13.2. The van der Waals surface area contributed by atoms with Gasteiger partial charge in [-0.25, -0.2) is 8.42 Å². The molecule has 0 radical (unpaired) electrons. The Balaban J connectivity index is 2.11. The third-order valence-corrected chi connectivity index (χ3v) is 8.84. The number of alkyl halides is 3. The van der Waals surface area contributed by atoms with E-state index in [2.05, 4.69) is 5.32 Å². The second-order valence-electron chi connectivity index (χ2n) is 10.1. The fraction of sp³-hybridized carbons (Fsp3) is 0.333. The quantitative estimate of drug-likeness (QED) is 0.196. The first-order chi connectivity index (χ1) is 20.6. The number of nitrogens with one attached hydrogen (secondary N) is 1. The molecule has 238 valence electrons. The van der Waals surface area contributed by atoms with Crippen molar-refractivity contribution >= 4 is 62.3 Å². The maximum Gasteiger partial charge on any atom is 0.416 e. The van der Waals surface area contributed by atoms with Crippen LogP contribution < -0.4 is 9.62 Å². The van der Waals surface area contributed by atoms with E-state index < -0.39 is 51.9 Å². The van der Waals surface area contributed by atoms with Crippen molar-refractivity contribution < 1.29 is 31.2 Å². The van der Waals surface area contributed by atoms with Crippen LogP contribution in [0.2, 0.25) is 15.1 Å². The number of rotatable bonds is 13. The summed E-state index contributed by atoms with van der Waals surface area (Å²) < 4.78 is 66.9. The van der Waals surface area contributed by atoms with Gasteiger partial charge in [0.15, 0.2) is 0 Å². The summed E-state index contributed by atoms with van der Waals surface area (Å²) >= 11 is 18.5. The van der Waals surface area contributed by atoms with Crippen LogP contribution in [0, 0.1) is 0 Å². The Hall–Kier alpha value is -2.99. The minimum absolute atomic E-state index is 0.0645. The number of benzene rings is 3. The lowest BCUT2D eigenvalue weighted by molar-refractivity contribution is -0.140. The summed E-state index contributed by atoms with van der Waals surface area (Å²) in [6.07, 6.45) is -2.51. The molecule has 3 aromatic rings. The van der Waals surface area contributed by atoms with E-state index >= 15 is 0 Å². The number of sulfonamides is 1. The molecule has 14 heteroatoms. The van der Waals surface area contributed by atoms with Crippen LogP contribution in [0.1, 0.15) is 36.5 Å². The number of nitrogens with zero attached hydrogens (tertiary/aromatic N) is 2. The van der Waals surface area contributed by atoms with Crippen LogP contribution in [0.25, 0.3) is 0 Å². The van der Waals surface area contributed by atoms with Crippen LogP contribution in [-0.2, 0) is 38.8 Å². The molecule has 3 aromatic carbocycles. The third kappa shape index (κ3) is 9.76. The lowest BCUT2D eigenvalue weighted by Gasteiger charge is -2.34. The first-order valence-corrected chi connectivity index (χ1v) is 16.5. The molecular weight excluding hydrogens is 662 g/mol. The highest BCUT2D eigenvalue weighted by Gasteiger charge is 2.36. The molecule has 2 amide bonds. The van der Waals surface area contributed by atoms with Crippen LogP contribution in [0.15, 0.2) is 66.7 Å². The van der Waals surface area contributed by atoms with Gasteiger partial charge in [0.05, 0.1) is 32.6 Å². The maximum absolute atomic E-state index is 14.1. The first kappa shape index (κ1) is 35.5. The SMILES string of the molecule is CCCCNC(=O)[C@H](Cc1ccccc1)N(Cc1ccc(Cl)c(Cl)c1)C(=O)CN(c1cc(C(F)(F)F)ccc1Cl)S(C)(=O)=O. The van der Waals surface area contributed by atoms with Crippen molar-refractivity contribution in [2.75, 3.05) is 23.7 Å². The van der Waals surface area contributed by atoms with E-state index in [-0.39, 0.29) is 28.0 Å². The van der Waals surface area contributed by atoms with E-state index in [1.807, 2.05) is 6.92 Å². The number of amides is 2. The minimum Gasteiger partial charge on any atom is -0.354 e.